The summed E-state index contributed by atoms with van der Waals surface area (Å²) in [4.78, 5) is 6.71. The Kier molecular flexibility index (Phi) is 4.82. The molecule has 1 aromatic heterocycles. The molecule has 1 aliphatic heterocycles. The normalized spacial score (nSPS) is 22.3. The van der Waals surface area contributed by atoms with Crippen molar-refractivity contribution in [2.24, 2.45) is 0 Å². The number of aromatic nitrogens is 3. The van der Waals surface area contributed by atoms with Gasteiger partial charge in [-0.15, -0.1) is 0 Å². The van der Waals surface area contributed by atoms with Crippen LogP contribution in [0.25, 0.3) is 0 Å². The lowest BCUT2D eigenvalue weighted by atomic mass is 10.1. The first kappa shape index (κ1) is 15.1. The average Bonchev–Trinajstić information content (AvgIpc) is 3.17. The van der Waals surface area contributed by atoms with Gasteiger partial charge in [0.05, 0.1) is 18.8 Å². The third-order valence-electron chi connectivity index (χ3n) is 4.14. The maximum Gasteiger partial charge on any atom is 0.141 e. The van der Waals surface area contributed by atoms with Gasteiger partial charge in [0.25, 0.3) is 0 Å². The van der Waals surface area contributed by atoms with Crippen LogP contribution in [0.3, 0.4) is 0 Å². The zero-order chi connectivity index (χ0) is 15.4. The topological polar surface area (TPSA) is 63.3 Å². The fraction of sp³-hybridized carbons (Fsp3) is 0.500. The number of rotatable bonds is 6. The molecule has 0 spiro atoms. The van der Waals surface area contributed by atoms with E-state index in [0.29, 0.717) is 6.61 Å². The zero-order valence-electron chi connectivity index (χ0n) is 13.0. The summed E-state index contributed by atoms with van der Waals surface area (Å²) in [5.74, 6) is 0.910. The second-order valence-electron chi connectivity index (χ2n) is 5.66. The molecule has 1 aromatic carbocycles. The third-order valence-corrected chi connectivity index (χ3v) is 4.14. The van der Waals surface area contributed by atoms with Gasteiger partial charge in [-0.3, -0.25) is 10.00 Å². The third kappa shape index (κ3) is 3.35. The van der Waals surface area contributed by atoms with Gasteiger partial charge in [0.2, 0.25) is 0 Å². The van der Waals surface area contributed by atoms with Gasteiger partial charge in [0.1, 0.15) is 12.2 Å². The quantitative estimate of drug-likeness (QED) is 0.883. The molecule has 0 bridgehead atoms. The zero-order valence-corrected chi connectivity index (χ0v) is 13.0. The van der Waals surface area contributed by atoms with Crippen LogP contribution in [0.5, 0.6) is 0 Å². The number of hydrogen-bond acceptors (Lipinski definition) is 5. The maximum atomic E-state index is 5.55. The first-order valence-electron chi connectivity index (χ1n) is 7.49. The second kappa shape index (κ2) is 7.00. The summed E-state index contributed by atoms with van der Waals surface area (Å²) >= 11 is 0. The van der Waals surface area contributed by atoms with E-state index in [2.05, 4.69) is 44.3 Å². The molecule has 3 rings (SSSR count). The van der Waals surface area contributed by atoms with Crippen LogP contribution in [0.4, 0.5) is 0 Å². The van der Waals surface area contributed by atoms with Crippen molar-refractivity contribution in [1.82, 2.24) is 20.1 Å². The number of benzene rings is 1. The van der Waals surface area contributed by atoms with Gasteiger partial charge >= 0.3 is 0 Å². The second-order valence-corrected chi connectivity index (χ2v) is 5.66. The van der Waals surface area contributed by atoms with Crippen molar-refractivity contribution < 1.29 is 9.47 Å². The minimum atomic E-state index is 0.221. The van der Waals surface area contributed by atoms with Crippen LogP contribution in [0.1, 0.15) is 29.4 Å². The monoisotopic (exact) mass is 302 g/mol. The van der Waals surface area contributed by atoms with Crippen molar-refractivity contribution in [2.75, 3.05) is 20.8 Å². The van der Waals surface area contributed by atoms with Gasteiger partial charge in [0, 0.05) is 27.3 Å². The molecule has 0 saturated carbocycles. The van der Waals surface area contributed by atoms with Gasteiger partial charge in [-0.25, -0.2) is 4.98 Å². The minimum Gasteiger partial charge on any atom is -0.380 e. The number of likely N-dealkylation sites (tertiary alicyclic amines) is 1. The van der Waals surface area contributed by atoms with Gasteiger partial charge in [0.15, 0.2) is 0 Å². The SMILES string of the molecule is COCc1cccc(CN2C[C@H](OC)C[C@H]2c2ncn[nH]2)c1. The molecule has 6 nitrogen and oxygen atoms in total. The maximum absolute atomic E-state index is 5.55. The summed E-state index contributed by atoms with van der Waals surface area (Å²) in [5, 5.41) is 6.97. The summed E-state index contributed by atoms with van der Waals surface area (Å²) in [6, 6.07) is 8.73. The molecule has 1 aliphatic rings. The first-order valence-corrected chi connectivity index (χ1v) is 7.49. The molecule has 0 amide bonds. The standard InChI is InChI=1S/C16H22N4O2/c1-21-10-13-5-3-4-12(6-13)8-20-9-14(22-2)7-15(20)16-17-11-18-19-16/h3-6,11,14-15H,7-10H2,1-2H3,(H,17,18,19)/t14-,15+/m1/s1. The molecule has 0 radical (unpaired) electrons. The number of nitrogens with one attached hydrogen (secondary N) is 1. The highest BCUT2D eigenvalue weighted by Crippen LogP contribution is 2.32. The van der Waals surface area contributed by atoms with E-state index in [9.17, 15) is 0 Å². The fourth-order valence-corrected chi connectivity index (χ4v) is 3.09. The molecule has 1 fully saturated rings. The Labute approximate surface area is 130 Å². The molecular formula is C16H22N4O2. The van der Waals surface area contributed by atoms with E-state index < -0.39 is 0 Å². The molecule has 0 aliphatic carbocycles. The van der Waals surface area contributed by atoms with E-state index in [0.717, 1.165) is 25.3 Å². The van der Waals surface area contributed by atoms with Gasteiger partial charge in [-0.2, -0.15) is 5.10 Å². The smallest absolute Gasteiger partial charge is 0.141 e. The van der Waals surface area contributed by atoms with Gasteiger partial charge in [-0.1, -0.05) is 24.3 Å². The first-order chi connectivity index (χ1) is 10.8. The number of hydrogen-bond donors (Lipinski definition) is 1. The summed E-state index contributed by atoms with van der Waals surface area (Å²) in [5.41, 5.74) is 2.47. The van der Waals surface area contributed by atoms with E-state index in [4.69, 9.17) is 9.47 Å². The van der Waals surface area contributed by atoms with Crippen LogP contribution in [-0.4, -0.2) is 46.9 Å². The Balaban J connectivity index is 1.75. The van der Waals surface area contributed by atoms with E-state index >= 15 is 0 Å². The highest BCUT2D eigenvalue weighted by atomic mass is 16.5. The molecule has 1 N–H and O–H groups in total. The average molecular weight is 302 g/mol. The number of methoxy groups -OCH3 is 2. The molecule has 6 heteroatoms. The number of ether oxygens (including phenoxy) is 2. The lowest BCUT2D eigenvalue weighted by Crippen LogP contribution is -2.25. The summed E-state index contributed by atoms with van der Waals surface area (Å²) < 4.78 is 10.8. The molecule has 2 heterocycles. The Morgan fingerprint density at radius 3 is 2.91 bits per heavy atom. The fourth-order valence-electron chi connectivity index (χ4n) is 3.09. The Morgan fingerprint density at radius 1 is 1.32 bits per heavy atom. The molecule has 1 saturated heterocycles. The largest absolute Gasteiger partial charge is 0.380 e. The summed E-state index contributed by atoms with van der Waals surface area (Å²) in [7, 11) is 3.49. The van der Waals surface area contributed by atoms with Crippen LogP contribution < -0.4 is 0 Å². The van der Waals surface area contributed by atoms with E-state index in [1.165, 1.54) is 11.1 Å². The molecule has 118 valence electrons. The Morgan fingerprint density at radius 2 is 2.18 bits per heavy atom. The van der Waals surface area contributed by atoms with Crippen LogP contribution >= 0.6 is 0 Å². The highest BCUT2D eigenvalue weighted by molar-refractivity contribution is 5.23. The van der Waals surface area contributed by atoms with Crippen molar-refractivity contribution in [1.29, 1.82) is 0 Å². The molecular weight excluding hydrogens is 280 g/mol. The lowest BCUT2D eigenvalue weighted by molar-refractivity contribution is 0.107. The predicted molar refractivity (Wildman–Crippen MR) is 82.1 cm³/mol. The minimum absolute atomic E-state index is 0.221. The van der Waals surface area contributed by atoms with Crippen molar-refractivity contribution in [3.63, 3.8) is 0 Å². The number of nitrogens with zero attached hydrogens (tertiary/aromatic N) is 3. The number of aromatic amines is 1. The van der Waals surface area contributed by atoms with Crippen molar-refractivity contribution in [3.8, 4) is 0 Å². The molecule has 2 atom stereocenters. The van der Waals surface area contributed by atoms with Gasteiger partial charge in [-0.05, 0) is 17.5 Å². The van der Waals surface area contributed by atoms with Crippen LogP contribution in [-0.2, 0) is 22.6 Å². The Bertz CT molecular complexity index is 588. The molecule has 2 aromatic rings. The highest BCUT2D eigenvalue weighted by Gasteiger charge is 2.34. The van der Waals surface area contributed by atoms with E-state index in [1.807, 2.05) is 0 Å². The molecule has 22 heavy (non-hydrogen) atoms. The van der Waals surface area contributed by atoms with Crippen LogP contribution in [0, 0.1) is 0 Å². The van der Waals surface area contributed by atoms with E-state index in [1.54, 1.807) is 20.5 Å². The van der Waals surface area contributed by atoms with Crippen molar-refractivity contribution in [2.45, 2.75) is 31.7 Å². The van der Waals surface area contributed by atoms with Gasteiger partial charge < -0.3 is 9.47 Å². The molecule has 0 unspecified atom stereocenters. The van der Waals surface area contributed by atoms with E-state index in [-0.39, 0.29) is 12.1 Å². The number of H-pyrrole nitrogens is 1. The lowest BCUT2D eigenvalue weighted by Gasteiger charge is -2.22. The van der Waals surface area contributed by atoms with Crippen molar-refractivity contribution >= 4 is 0 Å². The Hall–Kier alpha value is -1.76. The summed E-state index contributed by atoms with van der Waals surface area (Å²) in [6.45, 7) is 2.40. The predicted octanol–water partition coefficient (Wildman–Crippen LogP) is 1.91. The van der Waals surface area contributed by atoms with Crippen molar-refractivity contribution in [3.05, 3.63) is 47.5 Å². The van der Waals surface area contributed by atoms with Crippen LogP contribution in [0.15, 0.2) is 30.6 Å². The van der Waals surface area contributed by atoms with Crippen LogP contribution in [0.2, 0.25) is 0 Å². The summed E-state index contributed by atoms with van der Waals surface area (Å²) in [6.07, 6.45) is 2.73.